The van der Waals surface area contributed by atoms with Crippen molar-refractivity contribution in [1.82, 2.24) is 4.31 Å². The molecule has 0 aromatic heterocycles. The van der Waals surface area contributed by atoms with Gasteiger partial charge in [0.05, 0.1) is 12.8 Å². The molecule has 146 valence electrons. The Balaban J connectivity index is 2.41. The number of hydrogen-bond donors (Lipinski definition) is 1. The van der Waals surface area contributed by atoms with Crippen molar-refractivity contribution in [3.63, 3.8) is 0 Å². The molecule has 0 fully saturated rings. The van der Waals surface area contributed by atoms with E-state index < -0.39 is 26.6 Å². The number of carbonyl (C=O) groups is 1. The van der Waals surface area contributed by atoms with Gasteiger partial charge >= 0.3 is 0 Å². The van der Waals surface area contributed by atoms with Gasteiger partial charge in [-0.3, -0.25) is 4.79 Å². The second-order valence-corrected chi connectivity index (χ2v) is 7.80. The molecule has 0 heterocycles. The smallest absolute Gasteiger partial charge is 0.255 e. The van der Waals surface area contributed by atoms with Gasteiger partial charge in [0.2, 0.25) is 10.0 Å². The van der Waals surface area contributed by atoms with Crippen LogP contribution in [0.15, 0.2) is 41.3 Å². The molecule has 0 spiro atoms. The average molecular weight is 394 g/mol. The molecule has 6 nitrogen and oxygen atoms in total. The highest BCUT2D eigenvalue weighted by Crippen LogP contribution is 2.26. The minimum Gasteiger partial charge on any atom is -0.495 e. The molecular weight excluding hydrogens is 371 g/mol. The van der Waals surface area contributed by atoms with Crippen molar-refractivity contribution in [2.75, 3.05) is 25.5 Å². The highest BCUT2D eigenvalue weighted by atomic mass is 32.2. The van der Waals surface area contributed by atoms with Crippen molar-refractivity contribution in [2.24, 2.45) is 0 Å². The van der Waals surface area contributed by atoms with Crippen LogP contribution in [0.4, 0.5) is 10.1 Å². The number of halogens is 1. The van der Waals surface area contributed by atoms with E-state index in [1.165, 1.54) is 13.2 Å². The SMILES string of the molecule is CCN(CC)S(=O)(=O)c1cc(C(=O)Nc2cc(C)ccc2OC)ccc1F. The lowest BCUT2D eigenvalue weighted by Crippen LogP contribution is -2.31. The predicted molar refractivity (Wildman–Crippen MR) is 102 cm³/mol. The van der Waals surface area contributed by atoms with Gasteiger partial charge < -0.3 is 10.1 Å². The maximum absolute atomic E-state index is 14.2. The van der Waals surface area contributed by atoms with Crippen molar-refractivity contribution in [3.8, 4) is 5.75 Å². The lowest BCUT2D eigenvalue weighted by atomic mass is 10.1. The number of amides is 1. The second kappa shape index (κ2) is 8.49. The van der Waals surface area contributed by atoms with Crippen LogP contribution >= 0.6 is 0 Å². The highest BCUT2D eigenvalue weighted by Gasteiger charge is 2.26. The molecule has 1 N–H and O–H groups in total. The van der Waals surface area contributed by atoms with E-state index in [0.717, 1.165) is 22.0 Å². The molecule has 0 aliphatic heterocycles. The first kappa shape index (κ1) is 20.9. The monoisotopic (exact) mass is 394 g/mol. The molecule has 0 unspecified atom stereocenters. The van der Waals surface area contributed by atoms with Crippen LogP contribution in [0, 0.1) is 12.7 Å². The van der Waals surface area contributed by atoms with Crippen LogP contribution in [0.25, 0.3) is 0 Å². The quantitative estimate of drug-likeness (QED) is 0.781. The zero-order valence-electron chi connectivity index (χ0n) is 15.7. The number of ether oxygens (including phenoxy) is 1. The van der Waals surface area contributed by atoms with Crippen molar-refractivity contribution in [2.45, 2.75) is 25.7 Å². The summed E-state index contributed by atoms with van der Waals surface area (Å²) in [5.41, 5.74) is 1.39. The molecule has 2 aromatic carbocycles. The number of aryl methyl sites for hydroxylation is 1. The predicted octanol–water partition coefficient (Wildman–Crippen LogP) is 3.43. The molecule has 27 heavy (non-hydrogen) atoms. The first-order valence-corrected chi connectivity index (χ1v) is 9.94. The number of benzene rings is 2. The standard InChI is InChI=1S/C19H23FN2O4S/c1-5-22(6-2)27(24,25)18-12-14(8-9-15(18)20)19(23)21-16-11-13(3)7-10-17(16)26-4/h7-12H,5-6H2,1-4H3,(H,21,23). The Kier molecular flexibility index (Phi) is 6.56. The molecular formula is C19H23FN2O4S. The van der Waals surface area contributed by atoms with Gasteiger partial charge in [-0.1, -0.05) is 19.9 Å². The minimum absolute atomic E-state index is 0.0330. The number of sulfonamides is 1. The molecule has 0 bridgehead atoms. The maximum atomic E-state index is 14.2. The summed E-state index contributed by atoms with van der Waals surface area (Å²) in [4.78, 5) is 12.1. The average Bonchev–Trinajstić information content (AvgIpc) is 2.62. The minimum atomic E-state index is -4.03. The van der Waals surface area contributed by atoms with Gasteiger partial charge in [0.15, 0.2) is 0 Å². The van der Waals surface area contributed by atoms with E-state index in [4.69, 9.17) is 4.74 Å². The third kappa shape index (κ3) is 4.45. The summed E-state index contributed by atoms with van der Waals surface area (Å²) in [6.07, 6.45) is 0. The summed E-state index contributed by atoms with van der Waals surface area (Å²) in [5, 5.41) is 2.68. The Morgan fingerprint density at radius 2 is 1.81 bits per heavy atom. The van der Waals surface area contributed by atoms with Gasteiger partial charge in [-0.15, -0.1) is 0 Å². The first-order valence-electron chi connectivity index (χ1n) is 8.50. The number of nitrogens with zero attached hydrogens (tertiary/aromatic N) is 1. The first-order chi connectivity index (χ1) is 12.7. The lowest BCUT2D eigenvalue weighted by molar-refractivity contribution is 0.102. The van der Waals surface area contributed by atoms with Crippen LogP contribution in [-0.2, 0) is 10.0 Å². The largest absolute Gasteiger partial charge is 0.495 e. The summed E-state index contributed by atoms with van der Waals surface area (Å²) in [6.45, 7) is 5.60. The number of anilines is 1. The van der Waals surface area contributed by atoms with Gasteiger partial charge in [0, 0.05) is 18.7 Å². The van der Waals surface area contributed by atoms with E-state index in [-0.39, 0.29) is 18.7 Å². The molecule has 2 rings (SSSR count). The summed E-state index contributed by atoms with van der Waals surface area (Å²) in [7, 11) is -2.55. The Hall–Kier alpha value is -2.45. The topological polar surface area (TPSA) is 75.7 Å². The van der Waals surface area contributed by atoms with E-state index in [9.17, 15) is 17.6 Å². The van der Waals surface area contributed by atoms with Crippen molar-refractivity contribution < 1.29 is 22.3 Å². The van der Waals surface area contributed by atoms with Crippen molar-refractivity contribution in [3.05, 3.63) is 53.3 Å². The summed E-state index contributed by atoms with van der Waals surface area (Å²) < 4.78 is 45.8. The van der Waals surface area contributed by atoms with Crippen LogP contribution in [0.5, 0.6) is 5.75 Å². The summed E-state index contributed by atoms with van der Waals surface area (Å²) >= 11 is 0. The van der Waals surface area contributed by atoms with Gasteiger partial charge in [0.25, 0.3) is 5.91 Å². The van der Waals surface area contributed by atoms with Gasteiger partial charge in [-0.25, -0.2) is 12.8 Å². The number of carbonyl (C=O) groups excluding carboxylic acids is 1. The van der Waals surface area contributed by atoms with Gasteiger partial charge in [0.1, 0.15) is 16.5 Å². The number of hydrogen-bond acceptors (Lipinski definition) is 4. The van der Waals surface area contributed by atoms with Crippen LogP contribution in [0.1, 0.15) is 29.8 Å². The zero-order valence-corrected chi connectivity index (χ0v) is 16.6. The van der Waals surface area contributed by atoms with Crippen molar-refractivity contribution >= 4 is 21.6 Å². The number of nitrogens with one attached hydrogen (secondary N) is 1. The Labute approximate surface area is 159 Å². The van der Waals surface area contributed by atoms with E-state index in [0.29, 0.717) is 11.4 Å². The molecule has 0 radical (unpaired) electrons. The van der Waals surface area contributed by atoms with Crippen LogP contribution in [0.2, 0.25) is 0 Å². The fourth-order valence-electron chi connectivity index (χ4n) is 2.66. The lowest BCUT2D eigenvalue weighted by Gasteiger charge is -2.19. The van der Waals surface area contributed by atoms with E-state index in [2.05, 4.69) is 5.32 Å². The normalized spacial score (nSPS) is 11.5. The molecule has 0 saturated carbocycles. The van der Waals surface area contributed by atoms with Crippen LogP contribution in [0.3, 0.4) is 0 Å². The summed E-state index contributed by atoms with van der Waals surface area (Å²) in [5.74, 6) is -0.992. The number of rotatable bonds is 7. The van der Waals surface area contributed by atoms with Crippen LogP contribution < -0.4 is 10.1 Å². The zero-order chi connectivity index (χ0) is 20.2. The number of methoxy groups -OCH3 is 1. The van der Waals surface area contributed by atoms with Gasteiger partial charge in [-0.2, -0.15) is 4.31 Å². The molecule has 0 saturated heterocycles. The molecule has 8 heteroatoms. The molecule has 0 atom stereocenters. The molecule has 0 aliphatic carbocycles. The Bertz CT molecular complexity index is 941. The molecule has 0 aliphatic rings. The Morgan fingerprint density at radius 3 is 2.41 bits per heavy atom. The maximum Gasteiger partial charge on any atom is 0.255 e. The fourth-order valence-corrected chi connectivity index (χ4v) is 4.21. The van der Waals surface area contributed by atoms with E-state index >= 15 is 0 Å². The van der Waals surface area contributed by atoms with Crippen molar-refractivity contribution in [1.29, 1.82) is 0 Å². The molecule has 1 amide bonds. The fraction of sp³-hybridized carbons (Fsp3) is 0.316. The second-order valence-electron chi connectivity index (χ2n) is 5.89. The summed E-state index contributed by atoms with van der Waals surface area (Å²) in [6, 6.07) is 8.56. The van der Waals surface area contributed by atoms with Gasteiger partial charge in [-0.05, 0) is 42.8 Å². The van der Waals surface area contributed by atoms with E-state index in [1.807, 2.05) is 13.0 Å². The van der Waals surface area contributed by atoms with E-state index in [1.54, 1.807) is 26.0 Å². The third-order valence-electron chi connectivity index (χ3n) is 4.12. The Morgan fingerprint density at radius 1 is 1.15 bits per heavy atom. The molecule has 2 aromatic rings. The third-order valence-corrected chi connectivity index (χ3v) is 6.18. The highest BCUT2D eigenvalue weighted by molar-refractivity contribution is 7.89. The van der Waals surface area contributed by atoms with Crippen LogP contribution in [-0.4, -0.2) is 38.8 Å².